The van der Waals surface area contributed by atoms with E-state index in [1.54, 1.807) is 6.08 Å². The Morgan fingerprint density at radius 3 is 1.32 bits per heavy atom. The van der Waals surface area contributed by atoms with Gasteiger partial charge in [-0.2, -0.15) is 0 Å². The van der Waals surface area contributed by atoms with Crippen LogP contribution >= 0.6 is 0 Å². The van der Waals surface area contributed by atoms with Crippen molar-refractivity contribution in [2.45, 2.75) is 50.8 Å². The number of hydrogen-bond acceptors (Lipinski definition) is 5. The Balaban J connectivity index is 1.53. The smallest absolute Gasteiger partial charge is 0.116 e. The van der Waals surface area contributed by atoms with Crippen LogP contribution in [0.15, 0.2) is 134 Å². The molecule has 4 aromatic carbocycles. The lowest BCUT2D eigenvalue weighted by molar-refractivity contribution is -0.178. The average molecular weight is 539 g/mol. The third-order valence-corrected chi connectivity index (χ3v) is 6.52. The molecule has 1 N–H and O–H groups in total. The highest BCUT2D eigenvalue weighted by Crippen LogP contribution is 2.22. The summed E-state index contributed by atoms with van der Waals surface area (Å²) in [7, 11) is 0. The SMILES string of the molecule is C=C[C@H](OCc1ccccc1)[C@@H](OCc1ccccc1)[C@H](OCc1ccccc1)[C@@H](O)COCc1ccccc1. The van der Waals surface area contributed by atoms with Crippen molar-refractivity contribution in [3.05, 3.63) is 156 Å². The minimum absolute atomic E-state index is 0.0715. The van der Waals surface area contributed by atoms with Crippen molar-refractivity contribution in [3.8, 4) is 0 Å². The molecule has 0 unspecified atom stereocenters. The molecular weight excluding hydrogens is 500 g/mol. The third kappa shape index (κ3) is 9.56. The van der Waals surface area contributed by atoms with E-state index in [0.29, 0.717) is 26.4 Å². The maximum atomic E-state index is 11.4. The summed E-state index contributed by atoms with van der Waals surface area (Å²) in [5.74, 6) is 0. The van der Waals surface area contributed by atoms with E-state index >= 15 is 0 Å². The van der Waals surface area contributed by atoms with Crippen LogP contribution in [0.3, 0.4) is 0 Å². The number of aliphatic hydroxyl groups is 1. The zero-order chi connectivity index (χ0) is 27.8. The summed E-state index contributed by atoms with van der Waals surface area (Å²) in [4.78, 5) is 0. The van der Waals surface area contributed by atoms with Crippen LogP contribution in [0.5, 0.6) is 0 Å². The summed E-state index contributed by atoms with van der Waals surface area (Å²) in [6.07, 6.45) is -1.21. The first-order chi connectivity index (χ1) is 19.7. The molecule has 0 saturated carbocycles. The van der Waals surface area contributed by atoms with Crippen LogP contribution in [0.25, 0.3) is 0 Å². The minimum atomic E-state index is -0.976. The lowest BCUT2D eigenvalue weighted by Crippen LogP contribution is -2.49. The van der Waals surface area contributed by atoms with Crippen molar-refractivity contribution in [1.29, 1.82) is 0 Å². The molecule has 0 amide bonds. The van der Waals surface area contributed by atoms with E-state index in [9.17, 15) is 5.11 Å². The minimum Gasteiger partial charge on any atom is -0.388 e. The van der Waals surface area contributed by atoms with Gasteiger partial charge >= 0.3 is 0 Å². The Bertz CT molecular complexity index is 1220. The van der Waals surface area contributed by atoms with Crippen molar-refractivity contribution in [3.63, 3.8) is 0 Å². The lowest BCUT2D eigenvalue weighted by atomic mass is 10.0. The number of rotatable bonds is 17. The Morgan fingerprint density at radius 1 is 0.525 bits per heavy atom. The van der Waals surface area contributed by atoms with Gasteiger partial charge in [0.2, 0.25) is 0 Å². The lowest BCUT2D eigenvalue weighted by Gasteiger charge is -2.35. The van der Waals surface area contributed by atoms with E-state index in [-0.39, 0.29) is 6.61 Å². The predicted octanol–water partition coefficient (Wildman–Crippen LogP) is 6.51. The fraction of sp³-hybridized carbons (Fsp3) is 0.257. The quantitative estimate of drug-likeness (QED) is 0.155. The average Bonchev–Trinajstić information content (AvgIpc) is 3.01. The van der Waals surface area contributed by atoms with Crippen LogP contribution in [0.2, 0.25) is 0 Å². The Hall–Kier alpha value is -3.58. The van der Waals surface area contributed by atoms with Gasteiger partial charge in [-0.05, 0) is 22.3 Å². The molecule has 0 fully saturated rings. The van der Waals surface area contributed by atoms with E-state index < -0.39 is 24.4 Å². The van der Waals surface area contributed by atoms with Gasteiger partial charge in [-0.3, -0.25) is 0 Å². The van der Waals surface area contributed by atoms with Crippen molar-refractivity contribution >= 4 is 0 Å². The van der Waals surface area contributed by atoms with Gasteiger partial charge < -0.3 is 24.1 Å². The van der Waals surface area contributed by atoms with Crippen LogP contribution in [-0.2, 0) is 45.4 Å². The molecule has 0 aromatic heterocycles. The first kappa shape index (κ1) is 29.4. The highest BCUT2D eigenvalue weighted by molar-refractivity contribution is 5.16. The molecule has 5 heteroatoms. The van der Waals surface area contributed by atoms with Gasteiger partial charge in [-0.1, -0.05) is 127 Å². The summed E-state index contributed by atoms with van der Waals surface area (Å²) in [6.45, 7) is 5.49. The van der Waals surface area contributed by atoms with Crippen molar-refractivity contribution < 1.29 is 24.1 Å². The summed E-state index contributed by atoms with van der Waals surface area (Å²) in [5, 5.41) is 11.4. The fourth-order valence-electron chi connectivity index (χ4n) is 4.37. The van der Waals surface area contributed by atoms with Gasteiger partial charge in [0.05, 0.1) is 33.0 Å². The second-order valence-corrected chi connectivity index (χ2v) is 9.59. The normalized spacial score (nSPS) is 14.2. The maximum absolute atomic E-state index is 11.4. The molecule has 0 spiro atoms. The van der Waals surface area contributed by atoms with Crippen LogP contribution in [0.4, 0.5) is 0 Å². The topological polar surface area (TPSA) is 57.2 Å². The monoisotopic (exact) mass is 538 g/mol. The molecule has 0 saturated heterocycles. The molecule has 0 bridgehead atoms. The van der Waals surface area contributed by atoms with E-state index in [1.807, 2.05) is 121 Å². The predicted molar refractivity (Wildman–Crippen MR) is 157 cm³/mol. The van der Waals surface area contributed by atoms with Crippen molar-refractivity contribution in [2.24, 2.45) is 0 Å². The van der Waals surface area contributed by atoms with Crippen LogP contribution in [-0.4, -0.2) is 36.1 Å². The molecule has 0 aliphatic heterocycles. The summed E-state index contributed by atoms with van der Waals surface area (Å²) in [5.41, 5.74) is 4.07. The second kappa shape index (κ2) is 16.5. The molecule has 4 aromatic rings. The number of hydrogen-bond donors (Lipinski definition) is 1. The zero-order valence-electron chi connectivity index (χ0n) is 22.8. The van der Waals surface area contributed by atoms with Gasteiger partial charge in [-0.15, -0.1) is 6.58 Å². The number of aliphatic hydroxyl groups excluding tert-OH is 1. The van der Waals surface area contributed by atoms with Gasteiger partial charge in [-0.25, -0.2) is 0 Å². The van der Waals surface area contributed by atoms with E-state index in [2.05, 4.69) is 6.58 Å². The second-order valence-electron chi connectivity index (χ2n) is 9.59. The van der Waals surface area contributed by atoms with E-state index in [0.717, 1.165) is 22.3 Å². The van der Waals surface area contributed by atoms with Crippen molar-refractivity contribution in [2.75, 3.05) is 6.61 Å². The third-order valence-electron chi connectivity index (χ3n) is 6.52. The zero-order valence-corrected chi connectivity index (χ0v) is 22.8. The molecule has 0 heterocycles. The highest BCUT2D eigenvalue weighted by Gasteiger charge is 2.36. The molecule has 4 atom stereocenters. The number of benzene rings is 4. The van der Waals surface area contributed by atoms with Crippen LogP contribution in [0.1, 0.15) is 22.3 Å². The summed E-state index contributed by atoms with van der Waals surface area (Å²) < 4.78 is 25.1. The maximum Gasteiger partial charge on any atom is 0.116 e. The molecule has 0 aliphatic carbocycles. The standard InChI is InChI=1S/C35H38O5/c1-2-33(38-24-29-17-9-4-10-18-29)35(40-26-31-21-13-6-14-22-31)34(39-25-30-19-11-5-12-20-30)32(36)27-37-23-28-15-7-3-8-16-28/h2-22,32-36H,1,23-27H2/t32-,33-,34+,35+/m0/s1. The Kier molecular flexibility index (Phi) is 12.1. The van der Waals surface area contributed by atoms with Crippen LogP contribution < -0.4 is 0 Å². The summed E-state index contributed by atoms with van der Waals surface area (Å²) >= 11 is 0. The molecule has 208 valence electrons. The summed E-state index contributed by atoms with van der Waals surface area (Å²) in [6, 6.07) is 39.6. The van der Waals surface area contributed by atoms with Gasteiger partial charge in [0, 0.05) is 0 Å². The van der Waals surface area contributed by atoms with Gasteiger partial charge in [0.1, 0.15) is 24.4 Å². The van der Waals surface area contributed by atoms with Crippen molar-refractivity contribution in [1.82, 2.24) is 0 Å². The fourth-order valence-corrected chi connectivity index (χ4v) is 4.37. The molecule has 4 rings (SSSR count). The van der Waals surface area contributed by atoms with E-state index in [1.165, 1.54) is 0 Å². The molecule has 0 radical (unpaired) electrons. The highest BCUT2D eigenvalue weighted by atomic mass is 16.6. The molecule has 5 nitrogen and oxygen atoms in total. The first-order valence-electron chi connectivity index (χ1n) is 13.6. The molecule has 40 heavy (non-hydrogen) atoms. The molecule has 0 aliphatic rings. The first-order valence-corrected chi connectivity index (χ1v) is 13.6. The van der Waals surface area contributed by atoms with Crippen LogP contribution in [0, 0.1) is 0 Å². The van der Waals surface area contributed by atoms with Gasteiger partial charge in [0.15, 0.2) is 0 Å². The van der Waals surface area contributed by atoms with Gasteiger partial charge in [0.25, 0.3) is 0 Å². The largest absolute Gasteiger partial charge is 0.388 e. The molecular formula is C35H38O5. The van der Waals surface area contributed by atoms with E-state index in [4.69, 9.17) is 18.9 Å². The number of ether oxygens (including phenoxy) is 4. The Morgan fingerprint density at radius 2 is 0.900 bits per heavy atom. The Labute approximate surface area is 237 Å².